The molecule has 4 nitrogen and oxygen atoms in total. The molecule has 1 N–H and O–H groups in total. The van der Waals surface area contributed by atoms with Gasteiger partial charge in [0.15, 0.2) is 0 Å². The Kier molecular flexibility index (Phi) is 8.59. The lowest BCUT2D eigenvalue weighted by Gasteiger charge is -2.15. The highest BCUT2D eigenvalue weighted by Crippen LogP contribution is 2.25. The first-order valence-corrected chi connectivity index (χ1v) is 10.8. The normalized spacial score (nSPS) is 13.2. The summed E-state index contributed by atoms with van der Waals surface area (Å²) in [5.41, 5.74) is 6.16. The van der Waals surface area contributed by atoms with E-state index in [-0.39, 0.29) is 25.8 Å². The Hall–Kier alpha value is -3.20. The van der Waals surface area contributed by atoms with Gasteiger partial charge < -0.3 is 9.84 Å². The molecule has 0 saturated carbocycles. The third-order valence-electron chi connectivity index (χ3n) is 5.72. The van der Waals surface area contributed by atoms with Crippen molar-refractivity contribution in [3.8, 4) is 17.6 Å². The minimum absolute atomic E-state index is 0. The maximum atomic E-state index is 11.1. The molecule has 0 aliphatic carbocycles. The van der Waals surface area contributed by atoms with E-state index in [2.05, 4.69) is 65.3 Å². The molecule has 4 rings (SSSR count). The van der Waals surface area contributed by atoms with Gasteiger partial charge in [-0.1, -0.05) is 66.6 Å². The lowest BCUT2D eigenvalue weighted by molar-refractivity contribution is -0.137. The van der Waals surface area contributed by atoms with Crippen molar-refractivity contribution in [3.63, 3.8) is 0 Å². The van der Waals surface area contributed by atoms with Crippen LogP contribution in [-0.4, -0.2) is 16.0 Å². The van der Waals surface area contributed by atoms with Crippen LogP contribution in [0.4, 0.5) is 0 Å². The topological polar surface area (TPSA) is 49.8 Å². The van der Waals surface area contributed by atoms with Gasteiger partial charge in [0.2, 0.25) is 0 Å². The number of aliphatic carboxylic acids is 1. The van der Waals surface area contributed by atoms with Gasteiger partial charge in [-0.3, -0.25) is 9.69 Å². The number of fused-ring (bicyclic) bond motifs is 1. The van der Waals surface area contributed by atoms with Gasteiger partial charge >= 0.3 is 5.97 Å². The predicted octanol–water partition coefficient (Wildman–Crippen LogP) is 5.48. The number of hydrogen-bond donors (Lipinski definition) is 1. The summed E-state index contributed by atoms with van der Waals surface area (Å²) < 4.78 is 5.92. The van der Waals surface area contributed by atoms with Crippen LogP contribution in [0.2, 0.25) is 0 Å². The summed E-state index contributed by atoms with van der Waals surface area (Å²) in [5.74, 6) is 5.39. The van der Waals surface area contributed by atoms with E-state index in [1.54, 1.807) is 6.92 Å². The molecule has 170 valence electrons. The smallest absolute Gasteiger partial charge is 0.304 e. The molecule has 1 heterocycles. The molecule has 0 saturated heterocycles. The third-order valence-corrected chi connectivity index (χ3v) is 5.72. The molecular formula is C28H29NO3S. The number of ether oxygens (including phenoxy) is 1. The first kappa shape index (κ1) is 24.4. The van der Waals surface area contributed by atoms with Crippen LogP contribution in [-0.2, 0) is 31.0 Å². The Bertz CT molecular complexity index is 1110. The Morgan fingerprint density at radius 1 is 0.970 bits per heavy atom. The number of carboxylic acid groups (broad SMARTS) is 1. The summed E-state index contributed by atoms with van der Waals surface area (Å²) in [6.45, 7) is 5.17. The average Bonchev–Trinajstić information content (AvgIpc) is 3.21. The van der Waals surface area contributed by atoms with Crippen LogP contribution < -0.4 is 4.74 Å². The molecule has 1 atom stereocenters. The van der Waals surface area contributed by atoms with Crippen LogP contribution >= 0.6 is 13.5 Å². The fourth-order valence-corrected chi connectivity index (χ4v) is 4.08. The van der Waals surface area contributed by atoms with E-state index < -0.39 is 5.97 Å². The van der Waals surface area contributed by atoms with Gasteiger partial charge in [-0.05, 0) is 46.9 Å². The maximum Gasteiger partial charge on any atom is 0.304 e. The highest BCUT2D eigenvalue weighted by atomic mass is 32.1. The molecule has 33 heavy (non-hydrogen) atoms. The summed E-state index contributed by atoms with van der Waals surface area (Å²) in [6, 6.07) is 24.8. The average molecular weight is 460 g/mol. The van der Waals surface area contributed by atoms with Crippen molar-refractivity contribution in [3.05, 3.63) is 101 Å². The summed E-state index contributed by atoms with van der Waals surface area (Å²) >= 11 is 0. The zero-order valence-corrected chi connectivity index (χ0v) is 19.8. The second-order valence-corrected chi connectivity index (χ2v) is 8.13. The van der Waals surface area contributed by atoms with Gasteiger partial charge in [0, 0.05) is 19.6 Å². The monoisotopic (exact) mass is 459 g/mol. The van der Waals surface area contributed by atoms with Crippen molar-refractivity contribution < 1.29 is 14.6 Å². The van der Waals surface area contributed by atoms with E-state index in [9.17, 15) is 4.79 Å². The lowest BCUT2D eigenvalue weighted by Crippen LogP contribution is -2.15. The molecule has 5 heteroatoms. The fraction of sp³-hybridized carbons (Fsp3) is 0.250. The Morgan fingerprint density at radius 3 is 2.15 bits per heavy atom. The summed E-state index contributed by atoms with van der Waals surface area (Å²) in [6.07, 6.45) is -0.00307. The van der Waals surface area contributed by atoms with Crippen molar-refractivity contribution >= 4 is 19.5 Å². The highest BCUT2D eigenvalue weighted by molar-refractivity contribution is 7.59. The molecule has 0 bridgehead atoms. The summed E-state index contributed by atoms with van der Waals surface area (Å²) in [4.78, 5) is 13.5. The number of hydrogen-bond acceptors (Lipinski definition) is 3. The molecule has 3 aromatic rings. The molecule has 0 aromatic heterocycles. The fourth-order valence-electron chi connectivity index (χ4n) is 4.08. The van der Waals surface area contributed by atoms with E-state index in [0.717, 1.165) is 36.5 Å². The number of rotatable bonds is 8. The number of benzene rings is 3. The Balaban J connectivity index is 0.00000306. The quantitative estimate of drug-likeness (QED) is 0.454. The van der Waals surface area contributed by atoms with Crippen LogP contribution in [0.15, 0.2) is 72.8 Å². The molecule has 1 aliphatic rings. The molecule has 0 unspecified atom stereocenters. The molecule has 3 aromatic carbocycles. The molecule has 0 amide bonds. The Morgan fingerprint density at radius 2 is 1.58 bits per heavy atom. The van der Waals surface area contributed by atoms with Crippen LogP contribution in [0.3, 0.4) is 0 Å². The maximum absolute atomic E-state index is 11.1. The van der Waals surface area contributed by atoms with E-state index in [1.165, 1.54) is 16.7 Å². The zero-order chi connectivity index (χ0) is 22.3. The van der Waals surface area contributed by atoms with E-state index in [1.807, 2.05) is 24.3 Å². The summed E-state index contributed by atoms with van der Waals surface area (Å²) in [7, 11) is 0. The van der Waals surface area contributed by atoms with Crippen molar-refractivity contribution in [1.29, 1.82) is 0 Å². The third kappa shape index (κ3) is 6.64. The van der Waals surface area contributed by atoms with Crippen molar-refractivity contribution in [2.24, 2.45) is 0 Å². The van der Waals surface area contributed by atoms with Crippen molar-refractivity contribution in [2.45, 2.75) is 45.5 Å². The van der Waals surface area contributed by atoms with E-state index in [0.29, 0.717) is 6.61 Å². The highest BCUT2D eigenvalue weighted by Gasteiger charge is 2.18. The molecule has 0 spiro atoms. The van der Waals surface area contributed by atoms with E-state index >= 15 is 0 Å². The molecule has 0 radical (unpaired) electrons. The minimum atomic E-state index is -0.851. The van der Waals surface area contributed by atoms with Gasteiger partial charge in [0.05, 0.1) is 12.3 Å². The lowest BCUT2D eigenvalue weighted by atomic mass is 9.96. The predicted molar refractivity (Wildman–Crippen MR) is 135 cm³/mol. The Labute approximate surface area is 202 Å². The van der Waals surface area contributed by atoms with Gasteiger partial charge in [-0.25, -0.2) is 0 Å². The first-order valence-electron chi connectivity index (χ1n) is 10.8. The van der Waals surface area contributed by atoms with Gasteiger partial charge in [-0.15, -0.1) is 5.92 Å². The number of carbonyl (C=O) groups is 1. The second-order valence-electron chi connectivity index (χ2n) is 8.13. The largest absolute Gasteiger partial charge is 0.489 e. The van der Waals surface area contributed by atoms with Crippen LogP contribution in [0, 0.1) is 11.8 Å². The second kappa shape index (κ2) is 11.6. The molecular weight excluding hydrogens is 430 g/mol. The SMILES string of the molecule is CC#C[C@@H](CC(=O)O)c1ccc(OCc2ccc(CN3Cc4ccccc4C3)cc2)cc1.S. The van der Waals surface area contributed by atoms with Gasteiger partial charge in [0.1, 0.15) is 12.4 Å². The molecule has 0 fully saturated rings. The molecule has 1 aliphatic heterocycles. The van der Waals surface area contributed by atoms with Gasteiger partial charge in [-0.2, -0.15) is 13.5 Å². The first-order chi connectivity index (χ1) is 15.6. The zero-order valence-electron chi connectivity index (χ0n) is 18.8. The van der Waals surface area contributed by atoms with Crippen LogP contribution in [0.5, 0.6) is 5.75 Å². The van der Waals surface area contributed by atoms with Crippen LogP contribution in [0.25, 0.3) is 0 Å². The number of carboxylic acids is 1. The minimum Gasteiger partial charge on any atom is -0.489 e. The standard InChI is InChI=1S/C28H27NO3.H2S/c1-2-5-24(16-28(30)31)23-12-14-27(15-13-23)32-20-22-10-8-21(9-11-22)17-29-18-25-6-3-4-7-26(25)19-29;/h3-4,6-15,24H,16-20H2,1H3,(H,30,31);1H2/t24-;/m0./s1. The van der Waals surface area contributed by atoms with Crippen molar-refractivity contribution in [2.75, 3.05) is 0 Å². The van der Waals surface area contributed by atoms with Crippen molar-refractivity contribution in [1.82, 2.24) is 4.90 Å². The summed E-state index contributed by atoms with van der Waals surface area (Å²) in [5, 5.41) is 9.08. The van der Waals surface area contributed by atoms with E-state index in [4.69, 9.17) is 9.84 Å². The van der Waals surface area contributed by atoms with Crippen LogP contribution in [0.1, 0.15) is 47.1 Å². The van der Waals surface area contributed by atoms with Gasteiger partial charge in [0.25, 0.3) is 0 Å². The number of nitrogens with zero attached hydrogens (tertiary/aromatic N) is 1.